The number of carbonyl (C=O) groups is 2. The lowest BCUT2D eigenvalue weighted by Gasteiger charge is -2.35. The first-order chi connectivity index (χ1) is 15.2. The highest BCUT2D eigenvalue weighted by atomic mass is 32.2. The number of piperidine rings is 1. The second-order valence-corrected chi connectivity index (χ2v) is 8.48. The minimum absolute atomic E-state index is 0.00666. The Morgan fingerprint density at radius 2 is 1.94 bits per heavy atom. The number of thioether (sulfide) groups is 1. The van der Waals surface area contributed by atoms with Crippen LogP contribution in [0.5, 0.6) is 0 Å². The van der Waals surface area contributed by atoms with Crippen molar-refractivity contribution in [1.29, 1.82) is 0 Å². The Balaban J connectivity index is 1.32. The molecule has 1 atom stereocenters. The standard InChI is InChI=1S/C23H25N5O2S/c29-22(17-31-19-8-2-1-3-9-19)26-18-14-25-27(15-18)16-23(30)28-13-7-5-11-21(28)20-10-4-6-12-24-20/h1-4,6,8-10,12,14-15,21H,5,7,11,13,16-17H2,(H,26,29). The molecule has 0 bridgehead atoms. The van der Waals surface area contributed by atoms with Crippen molar-refractivity contribution in [3.63, 3.8) is 0 Å². The van der Waals surface area contributed by atoms with Crippen LogP contribution in [0.3, 0.4) is 0 Å². The topological polar surface area (TPSA) is 80.1 Å². The largest absolute Gasteiger partial charge is 0.332 e. The van der Waals surface area contributed by atoms with Gasteiger partial charge in [0.1, 0.15) is 6.54 Å². The lowest BCUT2D eigenvalue weighted by atomic mass is 9.98. The number of hydrogen-bond donors (Lipinski definition) is 1. The van der Waals surface area contributed by atoms with E-state index in [1.54, 1.807) is 23.3 Å². The Bertz CT molecular complexity index is 1010. The second kappa shape index (κ2) is 10.3. The molecule has 31 heavy (non-hydrogen) atoms. The highest BCUT2D eigenvalue weighted by Gasteiger charge is 2.28. The van der Waals surface area contributed by atoms with Gasteiger partial charge in [0.25, 0.3) is 0 Å². The summed E-state index contributed by atoms with van der Waals surface area (Å²) in [6.45, 7) is 0.861. The summed E-state index contributed by atoms with van der Waals surface area (Å²) in [6.07, 6.45) is 8.04. The van der Waals surface area contributed by atoms with E-state index >= 15 is 0 Å². The number of nitrogens with zero attached hydrogens (tertiary/aromatic N) is 4. The van der Waals surface area contributed by atoms with Crippen LogP contribution in [-0.4, -0.2) is 43.8 Å². The number of pyridine rings is 1. The van der Waals surface area contributed by atoms with Crippen molar-refractivity contribution in [2.24, 2.45) is 0 Å². The van der Waals surface area contributed by atoms with Crippen molar-refractivity contribution in [2.75, 3.05) is 17.6 Å². The van der Waals surface area contributed by atoms with E-state index in [2.05, 4.69) is 15.4 Å². The SMILES string of the molecule is O=C(CSc1ccccc1)Nc1cnn(CC(=O)N2CCCCC2c2ccccn2)c1. The summed E-state index contributed by atoms with van der Waals surface area (Å²) in [5, 5.41) is 7.09. The van der Waals surface area contributed by atoms with Crippen LogP contribution in [0.1, 0.15) is 31.0 Å². The molecule has 4 rings (SSSR count). The molecule has 0 radical (unpaired) electrons. The van der Waals surface area contributed by atoms with Gasteiger partial charge in [0.05, 0.1) is 29.4 Å². The maximum absolute atomic E-state index is 13.0. The van der Waals surface area contributed by atoms with Gasteiger partial charge < -0.3 is 10.2 Å². The molecule has 1 unspecified atom stereocenters. The zero-order valence-corrected chi connectivity index (χ0v) is 18.0. The molecule has 3 aromatic rings. The molecule has 7 nitrogen and oxygen atoms in total. The second-order valence-electron chi connectivity index (χ2n) is 7.43. The molecule has 1 aromatic carbocycles. The molecule has 160 valence electrons. The van der Waals surface area contributed by atoms with Crippen LogP contribution in [0, 0.1) is 0 Å². The summed E-state index contributed by atoms with van der Waals surface area (Å²) in [5.41, 5.74) is 1.52. The molecule has 1 N–H and O–H groups in total. The Labute approximate surface area is 185 Å². The van der Waals surface area contributed by atoms with Crippen LogP contribution in [0.2, 0.25) is 0 Å². The first-order valence-electron chi connectivity index (χ1n) is 10.4. The summed E-state index contributed by atoms with van der Waals surface area (Å²) < 4.78 is 1.58. The van der Waals surface area contributed by atoms with Gasteiger partial charge in [0.15, 0.2) is 0 Å². The predicted molar refractivity (Wildman–Crippen MR) is 121 cm³/mol. The van der Waals surface area contributed by atoms with E-state index in [0.717, 1.165) is 36.4 Å². The maximum atomic E-state index is 13.0. The van der Waals surface area contributed by atoms with Crippen molar-refractivity contribution in [3.05, 3.63) is 72.8 Å². The third kappa shape index (κ3) is 5.73. The van der Waals surface area contributed by atoms with Crippen molar-refractivity contribution in [2.45, 2.75) is 36.7 Å². The minimum atomic E-state index is -0.106. The van der Waals surface area contributed by atoms with Gasteiger partial charge in [-0.3, -0.25) is 19.3 Å². The highest BCUT2D eigenvalue weighted by Crippen LogP contribution is 2.29. The lowest BCUT2D eigenvalue weighted by molar-refractivity contribution is -0.136. The van der Waals surface area contributed by atoms with Crippen LogP contribution < -0.4 is 5.32 Å². The zero-order chi connectivity index (χ0) is 21.5. The van der Waals surface area contributed by atoms with Crippen molar-refractivity contribution >= 4 is 29.3 Å². The van der Waals surface area contributed by atoms with Crippen LogP contribution >= 0.6 is 11.8 Å². The third-order valence-corrected chi connectivity index (χ3v) is 6.19. The number of rotatable bonds is 7. The summed E-state index contributed by atoms with van der Waals surface area (Å²) in [6, 6.07) is 15.6. The summed E-state index contributed by atoms with van der Waals surface area (Å²) in [5.74, 6) is 0.218. The van der Waals surface area contributed by atoms with Gasteiger partial charge in [-0.1, -0.05) is 24.3 Å². The number of aromatic nitrogens is 3. The highest BCUT2D eigenvalue weighted by molar-refractivity contribution is 8.00. The predicted octanol–water partition coefficient (Wildman–Crippen LogP) is 3.76. The van der Waals surface area contributed by atoms with Crippen LogP contribution in [0.15, 0.2) is 72.0 Å². The van der Waals surface area contributed by atoms with Gasteiger partial charge in [-0.2, -0.15) is 5.10 Å². The van der Waals surface area contributed by atoms with E-state index in [1.807, 2.05) is 53.4 Å². The normalized spacial score (nSPS) is 16.1. The van der Waals surface area contributed by atoms with E-state index < -0.39 is 0 Å². The molecule has 0 aliphatic carbocycles. The Morgan fingerprint density at radius 3 is 2.74 bits per heavy atom. The molecule has 2 aromatic heterocycles. The molecule has 1 fully saturated rings. The van der Waals surface area contributed by atoms with E-state index in [4.69, 9.17) is 0 Å². The number of carbonyl (C=O) groups excluding carboxylic acids is 2. The van der Waals surface area contributed by atoms with E-state index in [9.17, 15) is 9.59 Å². The van der Waals surface area contributed by atoms with E-state index in [0.29, 0.717) is 11.4 Å². The van der Waals surface area contributed by atoms with Crippen molar-refractivity contribution < 1.29 is 9.59 Å². The zero-order valence-electron chi connectivity index (χ0n) is 17.2. The maximum Gasteiger partial charge on any atom is 0.244 e. The molecule has 1 aliphatic rings. The molecule has 8 heteroatoms. The fraction of sp³-hybridized carbons (Fsp3) is 0.304. The Hall–Kier alpha value is -3.13. The monoisotopic (exact) mass is 435 g/mol. The summed E-state index contributed by atoms with van der Waals surface area (Å²) in [4.78, 5) is 32.6. The van der Waals surface area contributed by atoms with Gasteiger partial charge in [-0.25, -0.2) is 0 Å². The Morgan fingerprint density at radius 1 is 1.10 bits per heavy atom. The Kier molecular flexibility index (Phi) is 6.99. The average molecular weight is 436 g/mol. The smallest absolute Gasteiger partial charge is 0.244 e. The molecule has 3 heterocycles. The minimum Gasteiger partial charge on any atom is -0.332 e. The fourth-order valence-electron chi connectivity index (χ4n) is 3.72. The number of benzene rings is 1. The molecule has 0 saturated carbocycles. The molecule has 1 aliphatic heterocycles. The van der Waals surface area contributed by atoms with Crippen molar-refractivity contribution in [3.8, 4) is 0 Å². The van der Waals surface area contributed by atoms with Gasteiger partial charge in [-0.05, 0) is 43.5 Å². The molecule has 2 amide bonds. The number of nitrogens with one attached hydrogen (secondary N) is 1. The quantitative estimate of drug-likeness (QED) is 0.572. The molecule has 0 spiro atoms. The van der Waals surface area contributed by atoms with Gasteiger partial charge in [0.2, 0.25) is 11.8 Å². The van der Waals surface area contributed by atoms with Crippen molar-refractivity contribution in [1.82, 2.24) is 19.7 Å². The van der Waals surface area contributed by atoms with E-state index in [-0.39, 0.29) is 24.4 Å². The number of amides is 2. The lowest BCUT2D eigenvalue weighted by Crippen LogP contribution is -2.40. The summed E-state index contributed by atoms with van der Waals surface area (Å²) in [7, 11) is 0. The third-order valence-electron chi connectivity index (χ3n) is 5.18. The van der Waals surface area contributed by atoms with Crippen LogP contribution in [0.25, 0.3) is 0 Å². The summed E-state index contributed by atoms with van der Waals surface area (Å²) >= 11 is 1.48. The van der Waals surface area contributed by atoms with Crippen LogP contribution in [0.4, 0.5) is 5.69 Å². The molecule has 1 saturated heterocycles. The first kappa shape index (κ1) is 21.1. The van der Waals surface area contributed by atoms with Gasteiger partial charge in [0, 0.05) is 23.8 Å². The van der Waals surface area contributed by atoms with Gasteiger partial charge in [-0.15, -0.1) is 11.8 Å². The fourth-order valence-corrected chi connectivity index (χ4v) is 4.44. The number of anilines is 1. The molecular weight excluding hydrogens is 410 g/mol. The van der Waals surface area contributed by atoms with Crippen LogP contribution in [-0.2, 0) is 16.1 Å². The van der Waals surface area contributed by atoms with E-state index in [1.165, 1.54) is 11.8 Å². The average Bonchev–Trinajstić information content (AvgIpc) is 3.25. The molecular formula is C23H25N5O2S. The number of hydrogen-bond acceptors (Lipinski definition) is 5. The first-order valence-corrected chi connectivity index (χ1v) is 11.4. The number of likely N-dealkylation sites (tertiary alicyclic amines) is 1. The van der Waals surface area contributed by atoms with Gasteiger partial charge >= 0.3 is 0 Å².